The molecule has 0 bridgehead atoms. The fraction of sp³-hybridized carbons (Fsp3) is 0.273. The van der Waals surface area contributed by atoms with Crippen molar-refractivity contribution in [1.29, 1.82) is 0 Å². The maximum atomic E-state index is 12.5. The Bertz CT molecular complexity index is 939. The Kier molecular flexibility index (Phi) is 6.73. The molecule has 7 heteroatoms. The fourth-order valence-corrected chi connectivity index (χ4v) is 2.98. The number of nitrogens with one attached hydrogen (secondary N) is 2. The summed E-state index contributed by atoms with van der Waals surface area (Å²) in [4.78, 5) is 27.5. The highest BCUT2D eigenvalue weighted by Crippen LogP contribution is 2.23. The second-order valence-electron chi connectivity index (χ2n) is 6.59. The zero-order valence-electron chi connectivity index (χ0n) is 17.0. The number of aryl methyl sites for hydroxylation is 1. The predicted octanol–water partition coefficient (Wildman–Crippen LogP) is 3.89. The maximum Gasteiger partial charge on any atom is 0.275 e. The van der Waals surface area contributed by atoms with E-state index in [4.69, 9.17) is 0 Å². The lowest BCUT2D eigenvalue weighted by atomic mass is 10.1. The number of aromatic nitrogens is 3. The lowest BCUT2D eigenvalue weighted by Crippen LogP contribution is -2.22. The number of anilines is 3. The molecular formula is C22H26N6O. The van der Waals surface area contributed by atoms with E-state index < -0.39 is 0 Å². The quantitative estimate of drug-likeness (QED) is 0.607. The molecule has 2 N–H and O–H groups in total. The van der Waals surface area contributed by atoms with Crippen molar-refractivity contribution in [2.75, 3.05) is 28.6 Å². The second-order valence-corrected chi connectivity index (χ2v) is 6.59. The molecule has 0 aliphatic heterocycles. The number of hydrogen-bond acceptors (Lipinski definition) is 6. The standard InChI is InChI=1S/C22H26N6O/c1-4-28(5-2)18-9-10-19(16(3)12-18)27-22(29)20-14-26-21(15-24-20)25-13-17-8-6-7-11-23-17/h6-12,14-15H,4-5,13H2,1-3H3,(H,25,26)(H,27,29). The third-order valence-corrected chi connectivity index (χ3v) is 4.65. The third-order valence-electron chi connectivity index (χ3n) is 4.65. The van der Waals surface area contributed by atoms with Crippen molar-refractivity contribution in [3.05, 3.63) is 71.9 Å². The van der Waals surface area contributed by atoms with Crippen molar-refractivity contribution >= 4 is 23.1 Å². The zero-order chi connectivity index (χ0) is 20.6. The monoisotopic (exact) mass is 390 g/mol. The Hall–Kier alpha value is -3.48. The van der Waals surface area contributed by atoms with Crippen LogP contribution in [0.3, 0.4) is 0 Å². The molecule has 29 heavy (non-hydrogen) atoms. The lowest BCUT2D eigenvalue weighted by Gasteiger charge is -2.22. The average Bonchev–Trinajstić information content (AvgIpc) is 2.76. The highest BCUT2D eigenvalue weighted by atomic mass is 16.1. The zero-order valence-corrected chi connectivity index (χ0v) is 17.0. The second kappa shape index (κ2) is 9.64. The van der Waals surface area contributed by atoms with Crippen LogP contribution in [0.1, 0.15) is 35.6 Å². The van der Waals surface area contributed by atoms with Crippen LogP contribution < -0.4 is 15.5 Å². The molecule has 0 aliphatic carbocycles. The normalized spacial score (nSPS) is 10.4. The van der Waals surface area contributed by atoms with E-state index in [0.717, 1.165) is 35.7 Å². The number of carbonyl (C=O) groups excluding carboxylic acids is 1. The van der Waals surface area contributed by atoms with E-state index in [9.17, 15) is 4.79 Å². The van der Waals surface area contributed by atoms with Crippen molar-refractivity contribution in [3.8, 4) is 0 Å². The molecule has 2 aromatic heterocycles. The Morgan fingerprint density at radius 3 is 2.48 bits per heavy atom. The molecule has 2 heterocycles. The molecule has 1 aromatic carbocycles. The van der Waals surface area contributed by atoms with Crippen LogP contribution in [-0.4, -0.2) is 33.9 Å². The molecule has 150 valence electrons. The lowest BCUT2D eigenvalue weighted by molar-refractivity contribution is 0.102. The van der Waals surface area contributed by atoms with Gasteiger partial charge in [-0.2, -0.15) is 0 Å². The number of amides is 1. The maximum absolute atomic E-state index is 12.5. The molecule has 3 rings (SSSR count). The summed E-state index contributed by atoms with van der Waals surface area (Å²) in [7, 11) is 0. The minimum absolute atomic E-state index is 0.264. The molecule has 0 fully saturated rings. The summed E-state index contributed by atoms with van der Waals surface area (Å²) in [5.74, 6) is 0.305. The van der Waals surface area contributed by atoms with Crippen LogP contribution in [0, 0.1) is 6.92 Å². The van der Waals surface area contributed by atoms with Crippen molar-refractivity contribution in [1.82, 2.24) is 15.0 Å². The Balaban J connectivity index is 1.62. The van der Waals surface area contributed by atoms with Crippen molar-refractivity contribution < 1.29 is 4.79 Å². The van der Waals surface area contributed by atoms with Crippen LogP contribution in [0.2, 0.25) is 0 Å². The van der Waals surface area contributed by atoms with Gasteiger partial charge in [0, 0.05) is 30.7 Å². The summed E-state index contributed by atoms with van der Waals surface area (Å²) in [6.07, 6.45) is 4.76. The first-order valence-electron chi connectivity index (χ1n) is 9.73. The summed E-state index contributed by atoms with van der Waals surface area (Å²) in [6.45, 7) is 8.66. The minimum Gasteiger partial charge on any atom is -0.372 e. The van der Waals surface area contributed by atoms with Crippen LogP contribution in [-0.2, 0) is 6.54 Å². The number of pyridine rings is 1. The predicted molar refractivity (Wildman–Crippen MR) is 116 cm³/mol. The fourth-order valence-electron chi connectivity index (χ4n) is 2.98. The molecule has 0 unspecified atom stereocenters. The van der Waals surface area contributed by atoms with Crippen molar-refractivity contribution in [3.63, 3.8) is 0 Å². The van der Waals surface area contributed by atoms with Gasteiger partial charge in [0.1, 0.15) is 11.5 Å². The van der Waals surface area contributed by atoms with Gasteiger partial charge < -0.3 is 15.5 Å². The highest BCUT2D eigenvalue weighted by molar-refractivity contribution is 6.03. The van der Waals surface area contributed by atoms with Gasteiger partial charge in [0.15, 0.2) is 0 Å². The average molecular weight is 390 g/mol. The molecule has 0 saturated carbocycles. The molecule has 3 aromatic rings. The number of carbonyl (C=O) groups is 1. The molecular weight excluding hydrogens is 364 g/mol. The smallest absolute Gasteiger partial charge is 0.275 e. The van der Waals surface area contributed by atoms with Crippen molar-refractivity contribution in [2.24, 2.45) is 0 Å². The first-order chi connectivity index (χ1) is 14.1. The van der Waals surface area contributed by atoms with Gasteiger partial charge >= 0.3 is 0 Å². The molecule has 1 amide bonds. The van der Waals surface area contributed by atoms with Crippen LogP contribution in [0.15, 0.2) is 55.0 Å². The number of hydrogen-bond donors (Lipinski definition) is 2. The third kappa shape index (κ3) is 5.28. The molecule has 7 nitrogen and oxygen atoms in total. The Labute approximate surface area is 171 Å². The van der Waals surface area contributed by atoms with E-state index in [2.05, 4.69) is 50.4 Å². The van der Waals surface area contributed by atoms with Gasteiger partial charge in [-0.1, -0.05) is 6.07 Å². The van der Waals surface area contributed by atoms with Gasteiger partial charge in [-0.3, -0.25) is 9.78 Å². The number of nitrogens with zero attached hydrogens (tertiary/aromatic N) is 4. The minimum atomic E-state index is -0.285. The van der Waals surface area contributed by atoms with Crippen LogP contribution in [0.5, 0.6) is 0 Å². The topological polar surface area (TPSA) is 83.0 Å². The SMILES string of the molecule is CCN(CC)c1ccc(NC(=O)c2cnc(NCc3ccccn3)cn2)c(C)c1. The Morgan fingerprint density at radius 1 is 1.03 bits per heavy atom. The van der Waals surface area contributed by atoms with E-state index in [1.165, 1.54) is 6.20 Å². The largest absolute Gasteiger partial charge is 0.372 e. The van der Waals surface area contributed by atoms with E-state index >= 15 is 0 Å². The number of rotatable bonds is 8. The van der Waals surface area contributed by atoms with Gasteiger partial charge in [0.2, 0.25) is 0 Å². The van der Waals surface area contributed by atoms with Crippen LogP contribution in [0.25, 0.3) is 0 Å². The first kappa shape index (κ1) is 20.3. The van der Waals surface area contributed by atoms with Gasteiger partial charge in [0.05, 0.1) is 24.6 Å². The molecule has 0 radical (unpaired) electrons. The summed E-state index contributed by atoms with van der Waals surface area (Å²) in [5.41, 5.74) is 4.09. The molecule has 0 atom stereocenters. The van der Waals surface area contributed by atoms with Gasteiger partial charge in [-0.25, -0.2) is 9.97 Å². The van der Waals surface area contributed by atoms with Crippen molar-refractivity contribution in [2.45, 2.75) is 27.3 Å². The van der Waals surface area contributed by atoms with E-state index in [-0.39, 0.29) is 11.6 Å². The Morgan fingerprint density at radius 2 is 1.86 bits per heavy atom. The molecule has 0 saturated heterocycles. The molecule has 0 aliphatic rings. The first-order valence-corrected chi connectivity index (χ1v) is 9.73. The van der Waals surface area contributed by atoms with Gasteiger partial charge in [-0.15, -0.1) is 0 Å². The van der Waals surface area contributed by atoms with Crippen LogP contribution in [0.4, 0.5) is 17.2 Å². The summed E-state index contributed by atoms with van der Waals surface area (Å²) >= 11 is 0. The van der Waals surface area contributed by atoms with Gasteiger partial charge in [-0.05, 0) is 56.7 Å². The number of benzene rings is 1. The van der Waals surface area contributed by atoms with E-state index in [1.54, 1.807) is 12.4 Å². The van der Waals surface area contributed by atoms with E-state index in [1.807, 2.05) is 37.3 Å². The molecule has 0 spiro atoms. The summed E-state index contributed by atoms with van der Waals surface area (Å²) < 4.78 is 0. The summed E-state index contributed by atoms with van der Waals surface area (Å²) in [6, 6.07) is 11.8. The van der Waals surface area contributed by atoms with Crippen LogP contribution >= 0.6 is 0 Å². The highest BCUT2D eigenvalue weighted by Gasteiger charge is 2.11. The summed E-state index contributed by atoms with van der Waals surface area (Å²) in [5, 5.41) is 6.06. The van der Waals surface area contributed by atoms with Gasteiger partial charge in [0.25, 0.3) is 5.91 Å². The van der Waals surface area contributed by atoms with E-state index in [0.29, 0.717) is 12.4 Å².